The van der Waals surface area contributed by atoms with Crippen molar-refractivity contribution < 1.29 is 0 Å². The van der Waals surface area contributed by atoms with E-state index in [0.717, 1.165) is 0 Å². The summed E-state index contributed by atoms with van der Waals surface area (Å²) in [7, 11) is 0. The normalized spacial score (nSPS) is 0. The maximum absolute atomic E-state index is 0. The minimum atomic E-state index is 0. The Morgan fingerprint density at radius 3 is 0.600 bits per heavy atom. The first-order valence-electron chi connectivity index (χ1n) is 0. The fourth-order valence-corrected chi connectivity index (χ4v) is 0. The van der Waals surface area contributed by atoms with Gasteiger partial charge < -0.3 is 0 Å². The van der Waals surface area contributed by atoms with Crippen LogP contribution in [-0.2, 0) is 0 Å². The molecule has 0 heterocycles. The first-order valence-corrected chi connectivity index (χ1v) is 0. The van der Waals surface area contributed by atoms with Crippen LogP contribution in [0.4, 0.5) is 0 Å². The third-order valence-corrected chi connectivity index (χ3v) is 0. The van der Waals surface area contributed by atoms with Crippen LogP contribution < -0.4 is 0 Å². The molecule has 0 aliphatic heterocycles. The Balaban J connectivity index is 0. The number of hydrogen-bond donors (Lipinski definition) is 0. The SMILES string of the molecule is I.I.I.[CsH].[SnH2]. The molecule has 0 unspecified atom stereocenters. The maximum atomic E-state index is 0. The van der Waals surface area contributed by atoms with Crippen LogP contribution in [0.5, 0.6) is 0 Å². The van der Waals surface area contributed by atoms with E-state index in [1.807, 2.05) is 0 Å². The van der Waals surface area contributed by atoms with E-state index >= 15 is 0 Å². The van der Waals surface area contributed by atoms with Gasteiger partial charge in [-0.3, -0.25) is 0 Å². The van der Waals surface area contributed by atoms with Crippen LogP contribution in [-0.4, -0.2) is 92.8 Å². The molecular formula is H6CsI3Sn. The van der Waals surface area contributed by atoms with Crippen molar-refractivity contribution in [1.82, 2.24) is 0 Å². The van der Waals surface area contributed by atoms with Crippen molar-refractivity contribution >= 4 is 165 Å². The monoisotopic (exact) mass is 640 g/mol. The Morgan fingerprint density at radius 1 is 0.600 bits per heavy atom. The molecule has 32 valence electrons. The zero-order valence-corrected chi connectivity index (χ0v) is 13.0. The van der Waals surface area contributed by atoms with E-state index in [1.54, 1.807) is 0 Å². The summed E-state index contributed by atoms with van der Waals surface area (Å²) in [5.41, 5.74) is 0. The third-order valence-electron chi connectivity index (χ3n) is 0. The van der Waals surface area contributed by atoms with Gasteiger partial charge in [0.2, 0.25) is 0 Å². The first-order chi connectivity index (χ1) is 0. The quantitative estimate of drug-likeness (QED) is 0.265. The Bertz CT molecular complexity index is 6.85. The average Bonchev–Trinajstić information content (AvgIpc) is 0. The molecule has 0 aromatic carbocycles. The predicted molar refractivity (Wildman–Crippen MR) is 61.9 cm³/mol. The van der Waals surface area contributed by atoms with Crippen LogP contribution in [0.25, 0.3) is 0 Å². The summed E-state index contributed by atoms with van der Waals surface area (Å²) >= 11 is 0. The van der Waals surface area contributed by atoms with Crippen molar-refractivity contribution in [2.24, 2.45) is 0 Å². The van der Waals surface area contributed by atoms with Gasteiger partial charge in [0, 0.05) is 0 Å². The molecule has 0 bridgehead atoms. The van der Waals surface area contributed by atoms with E-state index in [9.17, 15) is 0 Å². The van der Waals surface area contributed by atoms with Crippen LogP contribution in [0.1, 0.15) is 0 Å². The van der Waals surface area contributed by atoms with Crippen LogP contribution >= 0.6 is 71.9 Å². The van der Waals surface area contributed by atoms with Gasteiger partial charge in [-0.05, 0) is 0 Å². The molecule has 0 saturated carbocycles. The average molecular weight is 638 g/mol. The van der Waals surface area contributed by atoms with Crippen LogP contribution in [0.15, 0.2) is 0 Å². The van der Waals surface area contributed by atoms with Crippen LogP contribution in [0, 0.1) is 0 Å². The fourth-order valence-electron chi connectivity index (χ4n) is 0. The molecule has 0 aromatic rings. The third kappa shape index (κ3) is 17.6. The van der Waals surface area contributed by atoms with Crippen LogP contribution in [0.3, 0.4) is 0 Å². The van der Waals surface area contributed by atoms with Crippen molar-refractivity contribution in [2.75, 3.05) is 0 Å². The van der Waals surface area contributed by atoms with Gasteiger partial charge in [0.25, 0.3) is 0 Å². The van der Waals surface area contributed by atoms with Gasteiger partial charge in [-0.1, -0.05) is 0 Å². The van der Waals surface area contributed by atoms with E-state index in [0.29, 0.717) is 0 Å². The van der Waals surface area contributed by atoms with E-state index in [2.05, 4.69) is 0 Å². The molecular weight excluding hydrogens is 632 g/mol. The second-order valence-electron chi connectivity index (χ2n) is 0. The van der Waals surface area contributed by atoms with Crippen molar-refractivity contribution in [3.8, 4) is 0 Å². The zero-order valence-electron chi connectivity index (χ0n) is 1.93. The number of halogens is 3. The summed E-state index contributed by atoms with van der Waals surface area (Å²) in [5, 5.41) is 0. The second-order valence-corrected chi connectivity index (χ2v) is 0. The van der Waals surface area contributed by atoms with Gasteiger partial charge in [-0.2, -0.15) is 0 Å². The standard InChI is InChI=1S/Cs.3HI.Sn.3H/h;3*1H;;;;. The summed E-state index contributed by atoms with van der Waals surface area (Å²) < 4.78 is 0. The Morgan fingerprint density at radius 2 is 0.600 bits per heavy atom. The predicted octanol–water partition coefficient (Wildman–Crippen LogP) is 0.289. The summed E-state index contributed by atoms with van der Waals surface area (Å²) in [6.07, 6.45) is 0. The van der Waals surface area contributed by atoms with Gasteiger partial charge in [-0.15, -0.1) is 71.9 Å². The van der Waals surface area contributed by atoms with E-state index < -0.39 is 0 Å². The molecule has 0 aliphatic rings. The van der Waals surface area contributed by atoms with E-state index in [4.69, 9.17) is 0 Å². The molecule has 0 atom stereocenters. The van der Waals surface area contributed by atoms with Crippen molar-refractivity contribution in [3.63, 3.8) is 0 Å². The topological polar surface area (TPSA) is 0 Å². The molecule has 0 N–H and O–H groups in total. The Kier molecular flexibility index (Phi) is 149. The zero-order chi connectivity index (χ0) is 0. The Hall–Kier alpha value is 5.04. The first kappa shape index (κ1) is 32.3. The molecule has 2 radical (unpaired) electrons. The van der Waals surface area contributed by atoms with Gasteiger partial charge in [-0.25, -0.2) is 0 Å². The molecule has 0 rings (SSSR count). The molecule has 5 heteroatoms. The van der Waals surface area contributed by atoms with Crippen molar-refractivity contribution in [1.29, 1.82) is 0 Å². The molecule has 0 fully saturated rings. The molecule has 0 nitrogen and oxygen atoms in total. The van der Waals surface area contributed by atoms with Crippen molar-refractivity contribution in [2.45, 2.75) is 0 Å². The minimum absolute atomic E-state index is 0. The molecule has 0 aliphatic carbocycles. The van der Waals surface area contributed by atoms with Crippen LogP contribution in [0.2, 0.25) is 0 Å². The van der Waals surface area contributed by atoms with Gasteiger partial charge in [0.15, 0.2) is 0 Å². The van der Waals surface area contributed by atoms with E-state index in [-0.39, 0.29) is 165 Å². The fraction of sp³-hybridized carbons (Fsp3) is 0. The second kappa shape index (κ2) is 23.0. The van der Waals surface area contributed by atoms with Gasteiger partial charge in [0.1, 0.15) is 0 Å². The number of hydrogen-bond acceptors (Lipinski definition) is 0. The van der Waals surface area contributed by atoms with Crippen molar-refractivity contribution in [3.05, 3.63) is 0 Å². The van der Waals surface area contributed by atoms with Gasteiger partial charge >= 0.3 is 92.8 Å². The number of rotatable bonds is 0. The molecule has 0 spiro atoms. The molecule has 0 aromatic heterocycles. The van der Waals surface area contributed by atoms with E-state index in [1.165, 1.54) is 0 Å². The summed E-state index contributed by atoms with van der Waals surface area (Å²) in [4.78, 5) is 0. The molecule has 0 amide bonds. The molecule has 5 heavy (non-hydrogen) atoms. The molecule has 0 saturated heterocycles. The summed E-state index contributed by atoms with van der Waals surface area (Å²) in [6.45, 7) is 0. The Labute approximate surface area is 159 Å². The van der Waals surface area contributed by atoms with Gasteiger partial charge in [0.05, 0.1) is 0 Å². The summed E-state index contributed by atoms with van der Waals surface area (Å²) in [5.74, 6) is 0. The summed E-state index contributed by atoms with van der Waals surface area (Å²) in [6, 6.07) is 0.